The molecule has 0 aromatic heterocycles. The third kappa shape index (κ3) is 5.07. The number of rotatable bonds is 6. The van der Waals surface area contributed by atoms with Crippen molar-refractivity contribution < 1.29 is 9.84 Å². The molecule has 0 radical (unpaired) electrons. The summed E-state index contributed by atoms with van der Waals surface area (Å²) in [4.78, 5) is 0. The van der Waals surface area contributed by atoms with Crippen LogP contribution in [0.3, 0.4) is 0 Å². The fourth-order valence-electron chi connectivity index (χ4n) is 1.31. The van der Waals surface area contributed by atoms with Crippen molar-refractivity contribution in [2.45, 2.75) is 39.7 Å². The van der Waals surface area contributed by atoms with Crippen molar-refractivity contribution in [3.8, 4) is 0 Å². The van der Waals surface area contributed by atoms with E-state index in [2.05, 4.69) is 19.9 Å². The van der Waals surface area contributed by atoms with Crippen LogP contribution < -0.4 is 0 Å². The zero-order chi connectivity index (χ0) is 11.0. The SMILES string of the molecule is CC/C=C(/OC)C(/C=C/[C@@H](C)O)CC. The van der Waals surface area contributed by atoms with Crippen LogP contribution in [-0.2, 0) is 4.74 Å². The van der Waals surface area contributed by atoms with Gasteiger partial charge in [0.25, 0.3) is 0 Å². The van der Waals surface area contributed by atoms with Crippen molar-refractivity contribution in [2.75, 3.05) is 7.11 Å². The Morgan fingerprint density at radius 3 is 2.36 bits per heavy atom. The van der Waals surface area contributed by atoms with Gasteiger partial charge < -0.3 is 9.84 Å². The Morgan fingerprint density at radius 2 is 2.00 bits per heavy atom. The van der Waals surface area contributed by atoms with Gasteiger partial charge in [-0.1, -0.05) is 26.0 Å². The lowest BCUT2D eigenvalue weighted by molar-refractivity contribution is 0.238. The molecule has 2 heteroatoms. The molecule has 2 atom stereocenters. The van der Waals surface area contributed by atoms with Gasteiger partial charge in [-0.15, -0.1) is 0 Å². The van der Waals surface area contributed by atoms with Crippen LogP contribution in [0, 0.1) is 5.92 Å². The predicted octanol–water partition coefficient (Wildman–Crippen LogP) is 2.89. The molecule has 0 aliphatic rings. The van der Waals surface area contributed by atoms with Crippen LogP contribution in [0.15, 0.2) is 24.0 Å². The van der Waals surface area contributed by atoms with Crippen molar-refractivity contribution in [1.29, 1.82) is 0 Å². The highest BCUT2D eigenvalue weighted by molar-refractivity contribution is 5.08. The smallest absolute Gasteiger partial charge is 0.0983 e. The maximum absolute atomic E-state index is 9.13. The first-order chi connectivity index (χ1) is 6.65. The molecule has 0 spiro atoms. The lowest BCUT2D eigenvalue weighted by Crippen LogP contribution is -2.03. The molecule has 0 amide bonds. The molecule has 0 bridgehead atoms. The third-order valence-electron chi connectivity index (χ3n) is 2.07. The quantitative estimate of drug-likeness (QED) is 0.525. The minimum Gasteiger partial charge on any atom is -0.501 e. The van der Waals surface area contributed by atoms with E-state index in [-0.39, 0.29) is 12.0 Å². The number of hydrogen-bond acceptors (Lipinski definition) is 2. The van der Waals surface area contributed by atoms with Crippen molar-refractivity contribution in [3.05, 3.63) is 24.0 Å². The van der Waals surface area contributed by atoms with Crippen molar-refractivity contribution in [1.82, 2.24) is 0 Å². The molecule has 14 heavy (non-hydrogen) atoms. The Labute approximate surface area is 87.3 Å². The fourth-order valence-corrected chi connectivity index (χ4v) is 1.31. The van der Waals surface area contributed by atoms with E-state index in [1.54, 1.807) is 20.1 Å². The number of allylic oxidation sites excluding steroid dienone is 2. The average molecular weight is 198 g/mol. The number of methoxy groups -OCH3 is 1. The molecule has 0 aliphatic heterocycles. The van der Waals surface area contributed by atoms with Gasteiger partial charge in [-0.3, -0.25) is 0 Å². The van der Waals surface area contributed by atoms with Crippen LogP contribution in [0.2, 0.25) is 0 Å². The van der Waals surface area contributed by atoms with Crippen molar-refractivity contribution in [3.63, 3.8) is 0 Å². The summed E-state index contributed by atoms with van der Waals surface area (Å²) in [6.07, 6.45) is 7.47. The molecular weight excluding hydrogens is 176 g/mol. The van der Waals surface area contributed by atoms with Crippen molar-refractivity contribution >= 4 is 0 Å². The van der Waals surface area contributed by atoms with E-state index in [4.69, 9.17) is 9.84 Å². The Kier molecular flexibility index (Phi) is 7.21. The summed E-state index contributed by atoms with van der Waals surface area (Å²) < 4.78 is 5.30. The predicted molar refractivity (Wildman–Crippen MR) is 60.0 cm³/mol. The largest absolute Gasteiger partial charge is 0.501 e. The van der Waals surface area contributed by atoms with E-state index >= 15 is 0 Å². The van der Waals surface area contributed by atoms with Crippen LogP contribution >= 0.6 is 0 Å². The lowest BCUT2D eigenvalue weighted by atomic mass is 10.0. The molecule has 2 nitrogen and oxygen atoms in total. The van der Waals surface area contributed by atoms with Gasteiger partial charge in [0.05, 0.1) is 19.0 Å². The molecule has 1 N–H and O–H groups in total. The highest BCUT2D eigenvalue weighted by Gasteiger charge is 2.08. The van der Waals surface area contributed by atoms with Gasteiger partial charge in [0, 0.05) is 5.92 Å². The standard InChI is InChI=1S/C12H22O2/c1-5-7-12(14-4)11(6-2)9-8-10(3)13/h7-11,13H,5-6H2,1-4H3/b9-8+,12-7+/t10-,11?/m1/s1. The molecule has 82 valence electrons. The van der Waals surface area contributed by atoms with Gasteiger partial charge in [-0.05, 0) is 25.8 Å². The Bertz CT molecular complexity index is 192. The van der Waals surface area contributed by atoms with E-state index in [0.29, 0.717) is 0 Å². The molecule has 0 aliphatic carbocycles. The molecule has 0 heterocycles. The minimum atomic E-state index is -0.385. The Balaban J connectivity index is 4.44. The second-order valence-electron chi connectivity index (χ2n) is 3.36. The highest BCUT2D eigenvalue weighted by atomic mass is 16.5. The lowest BCUT2D eigenvalue weighted by Gasteiger charge is -2.14. The first-order valence-electron chi connectivity index (χ1n) is 5.26. The Hall–Kier alpha value is -0.760. The second-order valence-corrected chi connectivity index (χ2v) is 3.36. The van der Waals surface area contributed by atoms with Crippen LogP contribution in [0.1, 0.15) is 33.6 Å². The van der Waals surface area contributed by atoms with E-state index in [9.17, 15) is 0 Å². The maximum Gasteiger partial charge on any atom is 0.0983 e. The van der Waals surface area contributed by atoms with Gasteiger partial charge in [-0.25, -0.2) is 0 Å². The molecule has 0 fully saturated rings. The average Bonchev–Trinajstić information content (AvgIpc) is 2.16. The molecule has 0 saturated heterocycles. The zero-order valence-corrected chi connectivity index (χ0v) is 9.66. The Morgan fingerprint density at radius 1 is 1.36 bits per heavy atom. The summed E-state index contributed by atoms with van der Waals surface area (Å²) in [6, 6.07) is 0. The fraction of sp³-hybridized carbons (Fsp3) is 0.667. The summed E-state index contributed by atoms with van der Waals surface area (Å²) in [5, 5.41) is 9.13. The second kappa shape index (κ2) is 7.63. The molecular formula is C12H22O2. The first-order valence-corrected chi connectivity index (χ1v) is 5.26. The summed E-state index contributed by atoms with van der Waals surface area (Å²) >= 11 is 0. The summed E-state index contributed by atoms with van der Waals surface area (Å²) in [5.41, 5.74) is 0. The summed E-state index contributed by atoms with van der Waals surface area (Å²) in [5.74, 6) is 1.28. The number of aliphatic hydroxyl groups is 1. The monoisotopic (exact) mass is 198 g/mol. The number of ether oxygens (including phenoxy) is 1. The molecule has 1 unspecified atom stereocenters. The topological polar surface area (TPSA) is 29.5 Å². The highest BCUT2D eigenvalue weighted by Crippen LogP contribution is 2.18. The first kappa shape index (κ1) is 13.2. The third-order valence-corrected chi connectivity index (χ3v) is 2.07. The van der Waals surface area contributed by atoms with Gasteiger partial charge in [0.1, 0.15) is 0 Å². The van der Waals surface area contributed by atoms with Crippen LogP contribution in [0.4, 0.5) is 0 Å². The van der Waals surface area contributed by atoms with E-state index in [0.717, 1.165) is 18.6 Å². The number of hydrogen-bond donors (Lipinski definition) is 1. The van der Waals surface area contributed by atoms with E-state index in [1.807, 2.05) is 6.08 Å². The van der Waals surface area contributed by atoms with Gasteiger partial charge in [-0.2, -0.15) is 0 Å². The molecule has 0 saturated carbocycles. The van der Waals surface area contributed by atoms with Gasteiger partial charge >= 0.3 is 0 Å². The molecule has 0 aromatic carbocycles. The van der Waals surface area contributed by atoms with E-state index in [1.165, 1.54) is 0 Å². The van der Waals surface area contributed by atoms with Crippen molar-refractivity contribution in [2.24, 2.45) is 5.92 Å². The molecule has 0 rings (SSSR count). The maximum atomic E-state index is 9.13. The zero-order valence-electron chi connectivity index (χ0n) is 9.66. The summed E-state index contributed by atoms with van der Waals surface area (Å²) in [6.45, 7) is 5.95. The van der Waals surface area contributed by atoms with Crippen LogP contribution in [-0.4, -0.2) is 18.3 Å². The van der Waals surface area contributed by atoms with Crippen LogP contribution in [0.5, 0.6) is 0 Å². The number of aliphatic hydroxyl groups excluding tert-OH is 1. The van der Waals surface area contributed by atoms with Gasteiger partial charge in [0.2, 0.25) is 0 Å². The summed E-state index contributed by atoms with van der Waals surface area (Å²) in [7, 11) is 1.69. The van der Waals surface area contributed by atoms with Gasteiger partial charge in [0.15, 0.2) is 0 Å². The van der Waals surface area contributed by atoms with Crippen LogP contribution in [0.25, 0.3) is 0 Å². The normalized spacial score (nSPS) is 17.1. The van der Waals surface area contributed by atoms with E-state index < -0.39 is 0 Å². The minimum absolute atomic E-state index is 0.287. The molecule has 0 aromatic rings.